The third kappa shape index (κ3) is 3.37. The zero-order chi connectivity index (χ0) is 22.5. The van der Waals surface area contributed by atoms with Crippen molar-refractivity contribution in [3.63, 3.8) is 0 Å². The van der Waals surface area contributed by atoms with Crippen molar-refractivity contribution in [3.05, 3.63) is 29.8 Å². The van der Waals surface area contributed by atoms with Gasteiger partial charge in [0.15, 0.2) is 0 Å². The Hall–Kier alpha value is -2.57. The average molecular weight is 440 g/mol. The fraction of sp³-hybridized carbons (Fsp3) is 0.640. The number of benzene rings is 1. The van der Waals surface area contributed by atoms with Gasteiger partial charge >= 0.3 is 5.97 Å². The normalized spacial score (nSPS) is 33.9. The minimum Gasteiger partial charge on any atom is -0.466 e. The van der Waals surface area contributed by atoms with E-state index >= 15 is 0 Å². The fourth-order valence-corrected chi connectivity index (χ4v) is 6.64. The van der Waals surface area contributed by atoms with Gasteiger partial charge < -0.3 is 20.3 Å². The summed E-state index contributed by atoms with van der Waals surface area (Å²) in [7, 11) is 0. The van der Waals surface area contributed by atoms with Crippen molar-refractivity contribution in [2.75, 3.05) is 25.0 Å². The molecule has 2 N–H and O–H groups in total. The summed E-state index contributed by atoms with van der Waals surface area (Å²) >= 11 is 0. The molecule has 2 amide bonds. The first-order chi connectivity index (χ1) is 15.3. The number of para-hydroxylation sites is 1. The van der Waals surface area contributed by atoms with Gasteiger partial charge in [-0.2, -0.15) is 0 Å². The summed E-state index contributed by atoms with van der Waals surface area (Å²) in [5.41, 5.74) is 0.917. The van der Waals surface area contributed by atoms with E-state index in [0.29, 0.717) is 38.1 Å². The standard InChI is InChI=1S/C25H33N3O4/c1-3-32-23(31)16-9-12-28(13-10-16)22(30)19-14-17-8-11-24(19,2)15-25(17)26-20-7-5-4-6-18(20)21(29)27-25/h4-7,16-17,19,26H,3,8-15H2,1-2H3,(H,27,29). The molecule has 32 heavy (non-hydrogen) atoms. The van der Waals surface area contributed by atoms with E-state index in [0.717, 1.165) is 31.4 Å². The minimum absolute atomic E-state index is 0.0283. The van der Waals surface area contributed by atoms with Crippen molar-refractivity contribution >= 4 is 23.5 Å². The fourth-order valence-electron chi connectivity index (χ4n) is 6.64. The highest BCUT2D eigenvalue weighted by Crippen LogP contribution is 2.58. The van der Waals surface area contributed by atoms with E-state index in [9.17, 15) is 14.4 Å². The van der Waals surface area contributed by atoms with Gasteiger partial charge in [0, 0.05) is 30.6 Å². The second kappa shape index (κ2) is 7.78. The highest BCUT2D eigenvalue weighted by Gasteiger charge is 2.60. The Morgan fingerprint density at radius 3 is 2.62 bits per heavy atom. The summed E-state index contributed by atoms with van der Waals surface area (Å²) in [5, 5.41) is 6.95. The Kier molecular flexibility index (Phi) is 5.18. The number of nitrogens with zero attached hydrogens (tertiary/aromatic N) is 1. The lowest BCUT2D eigenvalue weighted by Gasteiger charge is -2.61. The molecule has 6 rings (SSSR count). The molecule has 4 fully saturated rings. The number of hydrogen-bond donors (Lipinski definition) is 2. The van der Waals surface area contributed by atoms with Gasteiger partial charge in [-0.15, -0.1) is 0 Å². The van der Waals surface area contributed by atoms with Crippen molar-refractivity contribution in [3.8, 4) is 0 Å². The lowest BCUT2D eigenvalue weighted by molar-refractivity contribution is -0.156. The molecule has 1 saturated heterocycles. The van der Waals surface area contributed by atoms with Crippen LogP contribution in [-0.4, -0.2) is 48.0 Å². The van der Waals surface area contributed by atoms with E-state index in [1.165, 1.54) is 0 Å². The van der Waals surface area contributed by atoms with E-state index in [2.05, 4.69) is 17.6 Å². The molecule has 2 bridgehead atoms. The lowest BCUT2D eigenvalue weighted by atomic mass is 9.51. The summed E-state index contributed by atoms with van der Waals surface area (Å²) in [6.07, 6.45) is 4.88. The summed E-state index contributed by atoms with van der Waals surface area (Å²) in [6.45, 7) is 5.67. The van der Waals surface area contributed by atoms with Crippen LogP contribution >= 0.6 is 0 Å². The molecule has 3 aliphatic carbocycles. The van der Waals surface area contributed by atoms with Gasteiger partial charge in [-0.1, -0.05) is 19.1 Å². The van der Waals surface area contributed by atoms with Crippen molar-refractivity contribution in [2.24, 2.45) is 23.2 Å². The first-order valence-corrected chi connectivity index (χ1v) is 12.0. The van der Waals surface area contributed by atoms with Crippen LogP contribution in [0.3, 0.4) is 0 Å². The predicted octanol–water partition coefficient (Wildman–Crippen LogP) is 3.17. The van der Waals surface area contributed by atoms with Gasteiger partial charge in [-0.25, -0.2) is 0 Å². The Morgan fingerprint density at radius 1 is 1.16 bits per heavy atom. The number of piperidine rings is 1. The first-order valence-electron chi connectivity index (χ1n) is 12.0. The number of hydrogen-bond acceptors (Lipinski definition) is 5. The summed E-state index contributed by atoms with van der Waals surface area (Å²) in [4.78, 5) is 40.5. The van der Waals surface area contributed by atoms with Crippen LogP contribution in [0.2, 0.25) is 0 Å². The van der Waals surface area contributed by atoms with Crippen LogP contribution in [0, 0.1) is 23.2 Å². The number of carbonyl (C=O) groups excluding carboxylic acids is 3. The molecule has 5 aliphatic rings. The van der Waals surface area contributed by atoms with E-state index in [4.69, 9.17) is 4.74 Å². The summed E-state index contributed by atoms with van der Waals surface area (Å²) in [5.74, 6) is 0.137. The van der Waals surface area contributed by atoms with Crippen LogP contribution in [-0.2, 0) is 14.3 Å². The summed E-state index contributed by atoms with van der Waals surface area (Å²) in [6, 6.07) is 7.65. The third-order valence-electron chi connectivity index (χ3n) is 8.40. The van der Waals surface area contributed by atoms with Crippen LogP contribution in [0.1, 0.15) is 62.7 Å². The van der Waals surface area contributed by atoms with Crippen LogP contribution in [0.5, 0.6) is 0 Å². The minimum atomic E-state index is -0.480. The molecule has 172 valence electrons. The molecular weight excluding hydrogens is 406 g/mol. The van der Waals surface area contributed by atoms with Crippen molar-refractivity contribution in [1.82, 2.24) is 10.2 Å². The van der Waals surface area contributed by atoms with Gasteiger partial charge in [0.1, 0.15) is 5.66 Å². The summed E-state index contributed by atoms with van der Waals surface area (Å²) < 4.78 is 5.16. The number of carbonyl (C=O) groups is 3. The monoisotopic (exact) mass is 439 g/mol. The Morgan fingerprint density at radius 2 is 1.91 bits per heavy atom. The van der Waals surface area contributed by atoms with Crippen LogP contribution in [0.25, 0.3) is 0 Å². The zero-order valence-corrected chi connectivity index (χ0v) is 19.0. The van der Waals surface area contributed by atoms with Gasteiger partial charge in [0.25, 0.3) is 5.91 Å². The Balaban J connectivity index is 1.30. The van der Waals surface area contributed by atoms with E-state index in [1.807, 2.05) is 36.1 Å². The topological polar surface area (TPSA) is 87.7 Å². The van der Waals surface area contributed by atoms with Crippen LogP contribution < -0.4 is 10.6 Å². The predicted molar refractivity (Wildman–Crippen MR) is 120 cm³/mol. The zero-order valence-electron chi connectivity index (χ0n) is 19.0. The highest BCUT2D eigenvalue weighted by atomic mass is 16.5. The molecule has 4 atom stereocenters. The van der Waals surface area contributed by atoms with Crippen LogP contribution in [0.4, 0.5) is 5.69 Å². The second-order valence-corrected chi connectivity index (χ2v) is 10.3. The van der Waals surface area contributed by atoms with Crippen molar-refractivity contribution in [2.45, 2.75) is 58.0 Å². The average Bonchev–Trinajstić information content (AvgIpc) is 2.78. The van der Waals surface area contributed by atoms with Gasteiger partial charge in [-0.05, 0) is 63.0 Å². The molecule has 0 aromatic heterocycles. The molecule has 7 heteroatoms. The van der Waals surface area contributed by atoms with E-state index in [1.54, 1.807) is 0 Å². The maximum absolute atomic E-state index is 13.6. The van der Waals surface area contributed by atoms with Gasteiger partial charge in [-0.3, -0.25) is 14.4 Å². The number of fused-ring (bicyclic) bond motifs is 3. The number of likely N-dealkylation sites (tertiary alicyclic amines) is 1. The molecule has 2 heterocycles. The molecule has 2 aliphatic heterocycles. The lowest BCUT2D eigenvalue weighted by Crippen LogP contribution is -2.70. The SMILES string of the molecule is CCOC(=O)C1CCN(C(=O)C2CC3CCC2(C)CC32NC(=O)c3ccccc3N2)CC1. The number of esters is 1. The smallest absolute Gasteiger partial charge is 0.309 e. The van der Waals surface area contributed by atoms with Crippen LogP contribution in [0.15, 0.2) is 24.3 Å². The maximum atomic E-state index is 13.6. The van der Waals surface area contributed by atoms with E-state index < -0.39 is 5.66 Å². The van der Waals surface area contributed by atoms with Crippen molar-refractivity contribution in [1.29, 1.82) is 0 Å². The molecule has 1 aromatic rings. The second-order valence-electron chi connectivity index (χ2n) is 10.3. The Bertz CT molecular complexity index is 941. The molecular formula is C25H33N3O4. The first kappa shape index (κ1) is 21.3. The number of nitrogens with one attached hydrogen (secondary N) is 2. The van der Waals surface area contributed by atoms with Gasteiger partial charge in [0.05, 0.1) is 18.1 Å². The number of ether oxygens (including phenoxy) is 1. The Labute approximate surface area is 189 Å². The van der Waals surface area contributed by atoms with E-state index in [-0.39, 0.29) is 41.0 Å². The quantitative estimate of drug-likeness (QED) is 0.707. The maximum Gasteiger partial charge on any atom is 0.309 e. The molecule has 0 radical (unpaired) electrons. The molecule has 3 saturated carbocycles. The largest absolute Gasteiger partial charge is 0.466 e. The molecule has 1 spiro atoms. The third-order valence-corrected chi connectivity index (χ3v) is 8.40. The molecule has 7 nitrogen and oxygen atoms in total. The number of anilines is 1. The number of amides is 2. The van der Waals surface area contributed by atoms with Crippen molar-refractivity contribution < 1.29 is 19.1 Å². The molecule has 1 aromatic carbocycles. The highest BCUT2D eigenvalue weighted by molar-refractivity contribution is 6.02. The van der Waals surface area contributed by atoms with Gasteiger partial charge in [0.2, 0.25) is 5.91 Å². The number of rotatable bonds is 3. The molecule has 4 unspecified atom stereocenters.